The molecule has 1 aromatic rings. The lowest BCUT2D eigenvalue weighted by atomic mass is 10.0. The third kappa shape index (κ3) is 3.08. The summed E-state index contributed by atoms with van der Waals surface area (Å²) in [6, 6.07) is 4.38. The van der Waals surface area contributed by atoms with E-state index in [-0.39, 0.29) is 6.17 Å². The second-order valence-corrected chi connectivity index (χ2v) is 5.16. The molecule has 4 nitrogen and oxygen atoms in total. The molecule has 1 unspecified atom stereocenters. The highest BCUT2D eigenvalue weighted by Gasteiger charge is 2.22. The van der Waals surface area contributed by atoms with Gasteiger partial charge in [0.05, 0.1) is 13.3 Å². The Bertz CT molecular complexity index is 428. The molecule has 1 fully saturated rings. The van der Waals surface area contributed by atoms with E-state index in [9.17, 15) is 0 Å². The molecule has 106 valence electrons. The largest absolute Gasteiger partial charge is 0.496 e. The van der Waals surface area contributed by atoms with Gasteiger partial charge < -0.3 is 15.4 Å². The average molecular weight is 263 g/mol. The van der Waals surface area contributed by atoms with Gasteiger partial charge in [-0.3, -0.25) is 4.90 Å². The van der Waals surface area contributed by atoms with Crippen molar-refractivity contribution in [2.45, 2.75) is 20.0 Å². The van der Waals surface area contributed by atoms with Crippen molar-refractivity contribution in [1.82, 2.24) is 15.5 Å². The fraction of sp³-hybridized carbons (Fsp3) is 0.600. The van der Waals surface area contributed by atoms with Crippen LogP contribution in [0, 0.1) is 13.8 Å². The van der Waals surface area contributed by atoms with E-state index < -0.39 is 0 Å². The fourth-order valence-corrected chi connectivity index (χ4v) is 2.80. The second-order valence-electron chi connectivity index (χ2n) is 5.16. The van der Waals surface area contributed by atoms with Gasteiger partial charge in [-0.15, -0.1) is 0 Å². The van der Waals surface area contributed by atoms with Gasteiger partial charge >= 0.3 is 0 Å². The van der Waals surface area contributed by atoms with Crippen molar-refractivity contribution >= 4 is 0 Å². The number of benzene rings is 1. The van der Waals surface area contributed by atoms with Gasteiger partial charge in [0.1, 0.15) is 5.75 Å². The minimum atomic E-state index is 0.284. The van der Waals surface area contributed by atoms with Crippen LogP contribution in [0.3, 0.4) is 0 Å². The van der Waals surface area contributed by atoms with Crippen LogP contribution in [0.15, 0.2) is 12.1 Å². The molecule has 1 aliphatic heterocycles. The Balaban J connectivity index is 2.29. The molecule has 4 heteroatoms. The number of methoxy groups -OCH3 is 1. The first kappa shape index (κ1) is 14.3. The van der Waals surface area contributed by atoms with Gasteiger partial charge in [-0.2, -0.15) is 0 Å². The number of nitrogens with one attached hydrogen (secondary N) is 2. The summed E-state index contributed by atoms with van der Waals surface area (Å²) in [4.78, 5) is 2.49. The van der Waals surface area contributed by atoms with Crippen molar-refractivity contribution < 1.29 is 4.74 Å². The summed E-state index contributed by atoms with van der Waals surface area (Å²) in [5, 5.41) is 6.85. The Kier molecular flexibility index (Phi) is 4.80. The Labute approximate surface area is 116 Å². The summed E-state index contributed by atoms with van der Waals surface area (Å²) in [7, 11) is 3.76. The molecule has 0 radical (unpaired) electrons. The molecule has 2 N–H and O–H groups in total. The quantitative estimate of drug-likeness (QED) is 0.862. The third-order valence-electron chi connectivity index (χ3n) is 3.87. The number of hydrogen-bond donors (Lipinski definition) is 2. The molecular weight excluding hydrogens is 238 g/mol. The Morgan fingerprint density at radius 3 is 2.47 bits per heavy atom. The topological polar surface area (TPSA) is 36.5 Å². The van der Waals surface area contributed by atoms with Crippen LogP contribution in [0.1, 0.15) is 22.9 Å². The van der Waals surface area contributed by atoms with E-state index >= 15 is 0 Å². The second kappa shape index (κ2) is 6.37. The fourth-order valence-electron chi connectivity index (χ4n) is 2.80. The van der Waals surface area contributed by atoms with Crippen molar-refractivity contribution in [3.8, 4) is 5.75 Å². The summed E-state index contributed by atoms with van der Waals surface area (Å²) in [5.74, 6) is 0.969. The zero-order valence-electron chi connectivity index (χ0n) is 12.4. The van der Waals surface area contributed by atoms with Gasteiger partial charge in [0.25, 0.3) is 0 Å². The molecular formula is C15H25N3O. The van der Waals surface area contributed by atoms with E-state index in [0.29, 0.717) is 0 Å². The van der Waals surface area contributed by atoms with Gasteiger partial charge in [-0.25, -0.2) is 0 Å². The molecule has 1 aromatic carbocycles. The van der Waals surface area contributed by atoms with E-state index in [4.69, 9.17) is 4.74 Å². The van der Waals surface area contributed by atoms with E-state index in [0.717, 1.165) is 31.9 Å². The number of hydrogen-bond acceptors (Lipinski definition) is 4. The molecule has 1 aliphatic rings. The maximum Gasteiger partial charge on any atom is 0.122 e. The van der Waals surface area contributed by atoms with Crippen molar-refractivity contribution in [3.05, 3.63) is 28.8 Å². The maximum absolute atomic E-state index is 5.40. The molecule has 0 spiro atoms. The number of aryl methyl sites for hydroxylation is 2. The van der Waals surface area contributed by atoms with E-state index in [1.54, 1.807) is 7.11 Å². The Hall–Kier alpha value is -1.10. The first-order chi connectivity index (χ1) is 9.17. The standard InChI is InChI=1S/C15H25N3O/c1-11-10-14(19-4)12(2)9-13(11)15(16-3)18-7-5-17-6-8-18/h9-10,15-17H,5-8H2,1-4H3. The summed E-state index contributed by atoms with van der Waals surface area (Å²) in [6.07, 6.45) is 0.284. The first-order valence-electron chi connectivity index (χ1n) is 6.94. The highest BCUT2D eigenvalue weighted by atomic mass is 16.5. The van der Waals surface area contributed by atoms with Crippen molar-refractivity contribution in [1.29, 1.82) is 0 Å². The van der Waals surface area contributed by atoms with Crippen LogP contribution >= 0.6 is 0 Å². The molecule has 1 atom stereocenters. The lowest BCUT2D eigenvalue weighted by Gasteiger charge is -2.35. The predicted octanol–water partition coefficient (Wildman–Crippen LogP) is 1.44. The molecule has 0 bridgehead atoms. The van der Waals surface area contributed by atoms with Crippen LogP contribution in [0.2, 0.25) is 0 Å². The van der Waals surface area contributed by atoms with Crippen LogP contribution in [-0.4, -0.2) is 45.2 Å². The first-order valence-corrected chi connectivity index (χ1v) is 6.94. The molecule has 1 saturated heterocycles. The number of nitrogens with zero attached hydrogens (tertiary/aromatic N) is 1. The molecule has 1 heterocycles. The molecule has 19 heavy (non-hydrogen) atoms. The van der Waals surface area contributed by atoms with E-state index in [1.165, 1.54) is 16.7 Å². The smallest absolute Gasteiger partial charge is 0.122 e. The molecule has 0 saturated carbocycles. The lowest BCUT2D eigenvalue weighted by Crippen LogP contribution is -2.48. The lowest BCUT2D eigenvalue weighted by molar-refractivity contribution is 0.152. The van der Waals surface area contributed by atoms with Gasteiger partial charge in [0.15, 0.2) is 0 Å². The Morgan fingerprint density at radius 1 is 1.21 bits per heavy atom. The summed E-state index contributed by atoms with van der Waals surface area (Å²) >= 11 is 0. The maximum atomic E-state index is 5.40. The normalized spacial score (nSPS) is 18.3. The summed E-state index contributed by atoms with van der Waals surface area (Å²) in [6.45, 7) is 8.54. The minimum absolute atomic E-state index is 0.284. The van der Waals surface area contributed by atoms with Crippen molar-refractivity contribution in [2.75, 3.05) is 40.3 Å². The summed E-state index contributed by atoms with van der Waals surface area (Å²) < 4.78 is 5.40. The minimum Gasteiger partial charge on any atom is -0.496 e. The van der Waals surface area contributed by atoms with Crippen molar-refractivity contribution in [3.63, 3.8) is 0 Å². The number of rotatable bonds is 4. The van der Waals surface area contributed by atoms with Crippen LogP contribution in [0.25, 0.3) is 0 Å². The van der Waals surface area contributed by atoms with Crippen molar-refractivity contribution in [2.24, 2.45) is 0 Å². The summed E-state index contributed by atoms with van der Waals surface area (Å²) in [5.41, 5.74) is 3.82. The zero-order chi connectivity index (χ0) is 13.8. The van der Waals surface area contributed by atoms with Crippen LogP contribution in [0.4, 0.5) is 0 Å². The van der Waals surface area contributed by atoms with Gasteiger partial charge in [-0.05, 0) is 49.7 Å². The predicted molar refractivity (Wildman–Crippen MR) is 78.7 cm³/mol. The van der Waals surface area contributed by atoms with Gasteiger partial charge in [0.2, 0.25) is 0 Å². The molecule has 0 aromatic heterocycles. The van der Waals surface area contributed by atoms with E-state index in [1.807, 2.05) is 7.05 Å². The van der Waals surface area contributed by atoms with Gasteiger partial charge in [0, 0.05) is 26.2 Å². The highest BCUT2D eigenvalue weighted by Crippen LogP contribution is 2.28. The highest BCUT2D eigenvalue weighted by molar-refractivity contribution is 5.42. The van der Waals surface area contributed by atoms with Gasteiger partial charge in [-0.1, -0.05) is 0 Å². The molecule has 2 rings (SSSR count). The number of piperazine rings is 1. The SMILES string of the molecule is CNC(c1cc(C)c(OC)cc1C)N1CCNCC1. The number of ether oxygens (including phenoxy) is 1. The van der Waals surface area contributed by atoms with Crippen LogP contribution < -0.4 is 15.4 Å². The van der Waals surface area contributed by atoms with E-state index in [2.05, 4.69) is 41.5 Å². The van der Waals surface area contributed by atoms with Crippen LogP contribution in [0.5, 0.6) is 5.75 Å². The monoisotopic (exact) mass is 263 g/mol. The Morgan fingerprint density at radius 2 is 1.89 bits per heavy atom. The average Bonchev–Trinajstić information content (AvgIpc) is 2.44. The molecule has 0 amide bonds. The third-order valence-corrected chi connectivity index (χ3v) is 3.87. The molecule has 0 aliphatic carbocycles. The zero-order valence-corrected chi connectivity index (χ0v) is 12.4. The van der Waals surface area contributed by atoms with Crippen LogP contribution in [-0.2, 0) is 0 Å².